The molecule has 0 radical (unpaired) electrons. The van der Waals surface area contributed by atoms with E-state index in [0.29, 0.717) is 23.6 Å². The van der Waals surface area contributed by atoms with Crippen LogP contribution in [0.25, 0.3) is 0 Å². The van der Waals surface area contributed by atoms with Crippen molar-refractivity contribution in [3.05, 3.63) is 47.8 Å². The average molecular weight is 324 g/mol. The van der Waals surface area contributed by atoms with Crippen molar-refractivity contribution in [3.63, 3.8) is 0 Å². The lowest BCUT2D eigenvalue weighted by Gasteiger charge is -2.20. The van der Waals surface area contributed by atoms with E-state index in [4.69, 9.17) is 0 Å². The lowest BCUT2D eigenvalue weighted by molar-refractivity contribution is 0.0761. The fourth-order valence-electron chi connectivity index (χ4n) is 4.40. The molecule has 1 saturated heterocycles. The number of hydrogen-bond donors (Lipinski definition) is 0. The van der Waals surface area contributed by atoms with Crippen LogP contribution >= 0.6 is 0 Å². The summed E-state index contributed by atoms with van der Waals surface area (Å²) in [6, 6.07) is 4.29. The number of likely N-dealkylation sites (tertiary alicyclic amines) is 1. The van der Waals surface area contributed by atoms with E-state index in [-0.39, 0.29) is 5.91 Å². The minimum atomic E-state index is 0.0733. The van der Waals surface area contributed by atoms with Gasteiger partial charge in [0.25, 0.3) is 5.91 Å². The van der Waals surface area contributed by atoms with Crippen LogP contribution in [-0.4, -0.2) is 38.4 Å². The topological polar surface area (TPSA) is 51.0 Å². The van der Waals surface area contributed by atoms with Gasteiger partial charge in [-0.25, -0.2) is 4.98 Å². The standard InChI is InChI=1S/C19H24N4O/c1-13-3-6-16(21-10-13)9-14-4-5-15-11-23(12-17(14)15)19(24)18-20-7-8-22(18)2/h3,6-8,10,14-15,17H,4-5,9,11-12H2,1-2H3/t14-,15-,17-/m1/s1. The van der Waals surface area contributed by atoms with Gasteiger partial charge in [-0.3, -0.25) is 9.78 Å². The molecule has 0 bridgehead atoms. The molecule has 1 amide bonds. The van der Waals surface area contributed by atoms with Crippen molar-refractivity contribution >= 4 is 5.91 Å². The summed E-state index contributed by atoms with van der Waals surface area (Å²) >= 11 is 0. The number of fused-ring (bicyclic) bond motifs is 1. The van der Waals surface area contributed by atoms with Crippen LogP contribution in [0.2, 0.25) is 0 Å². The molecule has 24 heavy (non-hydrogen) atoms. The highest BCUT2D eigenvalue weighted by molar-refractivity contribution is 5.91. The zero-order valence-corrected chi connectivity index (χ0v) is 14.4. The zero-order chi connectivity index (χ0) is 16.7. The first kappa shape index (κ1) is 15.4. The Morgan fingerprint density at radius 3 is 2.83 bits per heavy atom. The highest BCUT2D eigenvalue weighted by Crippen LogP contribution is 2.43. The molecule has 3 heterocycles. The van der Waals surface area contributed by atoms with Gasteiger partial charge in [0.05, 0.1) is 0 Å². The second-order valence-corrected chi connectivity index (χ2v) is 7.36. The molecule has 1 aliphatic carbocycles. The quantitative estimate of drug-likeness (QED) is 0.871. The third kappa shape index (κ3) is 2.72. The van der Waals surface area contributed by atoms with Gasteiger partial charge in [-0.1, -0.05) is 6.07 Å². The van der Waals surface area contributed by atoms with Crippen molar-refractivity contribution in [3.8, 4) is 0 Å². The summed E-state index contributed by atoms with van der Waals surface area (Å²) in [5, 5.41) is 0. The molecule has 0 spiro atoms. The SMILES string of the molecule is Cc1ccc(C[C@H]2CC[C@@H]3CN(C(=O)c4nccn4C)C[C@H]23)nc1. The van der Waals surface area contributed by atoms with Crippen LogP contribution in [0.3, 0.4) is 0 Å². The van der Waals surface area contributed by atoms with Gasteiger partial charge in [0.2, 0.25) is 0 Å². The second-order valence-electron chi connectivity index (χ2n) is 7.36. The Morgan fingerprint density at radius 1 is 1.25 bits per heavy atom. The third-order valence-corrected chi connectivity index (χ3v) is 5.75. The summed E-state index contributed by atoms with van der Waals surface area (Å²) in [4.78, 5) is 23.5. The number of hydrogen-bond acceptors (Lipinski definition) is 3. The molecule has 2 aromatic heterocycles. The molecule has 126 valence electrons. The van der Waals surface area contributed by atoms with Crippen molar-refractivity contribution in [1.29, 1.82) is 0 Å². The maximum atomic E-state index is 12.7. The highest BCUT2D eigenvalue weighted by atomic mass is 16.2. The summed E-state index contributed by atoms with van der Waals surface area (Å²) in [6.07, 6.45) is 8.99. The Hall–Kier alpha value is -2.17. The predicted molar refractivity (Wildman–Crippen MR) is 91.5 cm³/mol. The average Bonchev–Trinajstić information content (AvgIpc) is 3.26. The van der Waals surface area contributed by atoms with Crippen LogP contribution in [0.5, 0.6) is 0 Å². The van der Waals surface area contributed by atoms with Crippen molar-refractivity contribution < 1.29 is 4.79 Å². The van der Waals surface area contributed by atoms with E-state index in [2.05, 4.69) is 29.0 Å². The number of carbonyl (C=O) groups excluding carboxylic acids is 1. The molecule has 0 unspecified atom stereocenters. The lowest BCUT2D eigenvalue weighted by atomic mass is 9.89. The van der Waals surface area contributed by atoms with Gasteiger partial charge in [-0.15, -0.1) is 0 Å². The van der Waals surface area contributed by atoms with Crippen LogP contribution in [0.1, 0.15) is 34.7 Å². The fourth-order valence-corrected chi connectivity index (χ4v) is 4.40. The lowest BCUT2D eigenvalue weighted by Crippen LogP contribution is -2.32. The number of pyridine rings is 1. The predicted octanol–water partition coefficient (Wildman–Crippen LogP) is 2.46. The molecule has 3 atom stereocenters. The fraction of sp³-hybridized carbons (Fsp3) is 0.526. The molecular weight excluding hydrogens is 300 g/mol. The zero-order valence-electron chi connectivity index (χ0n) is 14.4. The molecule has 2 aliphatic rings. The monoisotopic (exact) mass is 324 g/mol. The Kier molecular flexibility index (Phi) is 3.87. The Balaban J connectivity index is 1.44. The van der Waals surface area contributed by atoms with Crippen molar-refractivity contribution in [1.82, 2.24) is 19.4 Å². The number of aromatic nitrogens is 3. The molecule has 1 aliphatic heterocycles. The smallest absolute Gasteiger partial charge is 0.289 e. The minimum Gasteiger partial charge on any atom is -0.335 e. The summed E-state index contributed by atoms with van der Waals surface area (Å²) in [7, 11) is 1.88. The number of nitrogens with zero attached hydrogens (tertiary/aromatic N) is 4. The molecule has 5 heteroatoms. The molecule has 0 aromatic carbocycles. The number of imidazole rings is 1. The maximum Gasteiger partial charge on any atom is 0.289 e. The molecule has 2 aromatic rings. The summed E-state index contributed by atoms with van der Waals surface area (Å²) in [5.74, 6) is 2.52. The van der Waals surface area contributed by atoms with Gasteiger partial charge >= 0.3 is 0 Å². The van der Waals surface area contributed by atoms with E-state index in [1.54, 1.807) is 6.20 Å². The van der Waals surface area contributed by atoms with E-state index in [1.165, 1.54) is 24.1 Å². The largest absolute Gasteiger partial charge is 0.335 e. The van der Waals surface area contributed by atoms with E-state index in [0.717, 1.165) is 19.5 Å². The Morgan fingerprint density at radius 2 is 2.12 bits per heavy atom. The normalized spacial score (nSPS) is 25.9. The van der Waals surface area contributed by atoms with Gasteiger partial charge in [-0.05, 0) is 55.6 Å². The molecule has 2 fully saturated rings. The second kappa shape index (κ2) is 6.04. The van der Waals surface area contributed by atoms with E-state index in [1.807, 2.05) is 28.9 Å². The van der Waals surface area contributed by atoms with Gasteiger partial charge in [-0.2, -0.15) is 0 Å². The summed E-state index contributed by atoms with van der Waals surface area (Å²) in [6.45, 7) is 3.82. The number of amides is 1. The van der Waals surface area contributed by atoms with Gasteiger partial charge in [0.15, 0.2) is 5.82 Å². The van der Waals surface area contributed by atoms with E-state index < -0.39 is 0 Å². The molecule has 0 N–H and O–H groups in total. The van der Waals surface area contributed by atoms with Crippen LogP contribution in [-0.2, 0) is 13.5 Å². The first-order chi connectivity index (χ1) is 11.6. The van der Waals surface area contributed by atoms with Gasteiger partial charge in [0, 0.05) is 44.4 Å². The number of rotatable bonds is 3. The number of carbonyl (C=O) groups is 1. The first-order valence-electron chi connectivity index (χ1n) is 8.80. The maximum absolute atomic E-state index is 12.7. The summed E-state index contributed by atoms with van der Waals surface area (Å²) in [5.41, 5.74) is 2.39. The van der Waals surface area contributed by atoms with Crippen LogP contribution in [0.15, 0.2) is 30.7 Å². The van der Waals surface area contributed by atoms with Gasteiger partial charge < -0.3 is 9.47 Å². The van der Waals surface area contributed by atoms with E-state index >= 15 is 0 Å². The molecular formula is C19H24N4O. The molecule has 5 nitrogen and oxygen atoms in total. The summed E-state index contributed by atoms with van der Waals surface area (Å²) < 4.78 is 1.81. The molecule has 1 saturated carbocycles. The van der Waals surface area contributed by atoms with Crippen molar-refractivity contribution in [2.45, 2.75) is 26.2 Å². The Bertz CT molecular complexity index is 736. The van der Waals surface area contributed by atoms with Crippen molar-refractivity contribution in [2.24, 2.45) is 24.8 Å². The third-order valence-electron chi connectivity index (χ3n) is 5.75. The van der Waals surface area contributed by atoms with Crippen molar-refractivity contribution in [2.75, 3.05) is 13.1 Å². The Labute approximate surface area is 142 Å². The first-order valence-corrected chi connectivity index (χ1v) is 8.80. The minimum absolute atomic E-state index is 0.0733. The van der Waals surface area contributed by atoms with E-state index in [9.17, 15) is 4.79 Å². The highest BCUT2D eigenvalue weighted by Gasteiger charge is 2.44. The van der Waals surface area contributed by atoms with Crippen LogP contribution in [0.4, 0.5) is 0 Å². The number of aryl methyl sites for hydroxylation is 2. The van der Waals surface area contributed by atoms with Gasteiger partial charge in [0.1, 0.15) is 0 Å². The molecule has 4 rings (SSSR count). The van der Waals surface area contributed by atoms with Crippen LogP contribution < -0.4 is 0 Å². The van der Waals surface area contributed by atoms with Crippen LogP contribution in [0, 0.1) is 24.7 Å².